The van der Waals surface area contributed by atoms with Gasteiger partial charge in [0.2, 0.25) is 0 Å². The van der Waals surface area contributed by atoms with Gasteiger partial charge in [-0.25, -0.2) is 0 Å². The van der Waals surface area contributed by atoms with Gasteiger partial charge in [0, 0.05) is 29.7 Å². The number of rotatable bonds is 4. The lowest BCUT2D eigenvalue weighted by Crippen LogP contribution is -2.26. The molecular weight excluding hydrogens is 244 g/mol. The highest BCUT2D eigenvalue weighted by molar-refractivity contribution is 7.10. The van der Waals surface area contributed by atoms with E-state index in [0.717, 1.165) is 12.1 Å². The molecule has 0 aliphatic heterocycles. The summed E-state index contributed by atoms with van der Waals surface area (Å²) in [6, 6.07) is 5.89. The number of nitrogens with two attached hydrogens (primary N) is 1. The summed E-state index contributed by atoms with van der Waals surface area (Å²) >= 11 is 1.68. The molecule has 3 nitrogen and oxygen atoms in total. The lowest BCUT2D eigenvalue weighted by molar-refractivity contribution is 0.265. The van der Waals surface area contributed by atoms with Crippen LogP contribution >= 0.6 is 23.7 Å². The average Bonchev–Trinajstić information content (AvgIpc) is 2.86. The molecule has 3 N–H and O–H groups in total. The molecule has 16 heavy (non-hydrogen) atoms. The second-order valence-corrected chi connectivity index (χ2v) is 4.47. The first-order valence-corrected chi connectivity index (χ1v) is 5.75. The molecule has 1 unspecified atom stereocenters. The highest BCUT2D eigenvalue weighted by Crippen LogP contribution is 2.22. The van der Waals surface area contributed by atoms with Crippen molar-refractivity contribution in [1.29, 1.82) is 0 Å². The smallest absolute Gasteiger partial charge is 0.0589 e. The summed E-state index contributed by atoms with van der Waals surface area (Å²) < 4.78 is 2.07. The van der Waals surface area contributed by atoms with Crippen LogP contribution in [0.5, 0.6) is 0 Å². The van der Waals surface area contributed by atoms with Crippen molar-refractivity contribution in [2.75, 3.05) is 6.61 Å². The first-order valence-electron chi connectivity index (χ1n) is 4.87. The monoisotopic (exact) mass is 258 g/mol. The molecule has 0 saturated heterocycles. The molecule has 5 heteroatoms. The van der Waals surface area contributed by atoms with Crippen molar-refractivity contribution in [3.8, 4) is 5.69 Å². The zero-order valence-electron chi connectivity index (χ0n) is 8.74. The first kappa shape index (κ1) is 13.3. The van der Waals surface area contributed by atoms with Crippen LogP contribution in [0.15, 0.2) is 36.0 Å². The third kappa shape index (κ3) is 2.86. The lowest BCUT2D eigenvalue weighted by Gasteiger charge is -2.09. The standard InChI is InChI=1S/C11H14N2OS.ClH/c12-9(8-14)7-11-10(3-6-15-11)13-4-1-2-5-13;/h1-6,9,14H,7-8,12H2;1H. The zero-order valence-corrected chi connectivity index (χ0v) is 10.4. The van der Waals surface area contributed by atoms with Gasteiger partial charge in [0.15, 0.2) is 0 Å². The van der Waals surface area contributed by atoms with E-state index in [-0.39, 0.29) is 25.1 Å². The summed E-state index contributed by atoms with van der Waals surface area (Å²) in [7, 11) is 0. The van der Waals surface area contributed by atoms with E-state index < -0.39 is 0 Å². The van der Waals surface area contributed by atoms with E-state index in [1.54, 1.807) is 11.3 Å². The minimum Gasteiger partial charge on any atom is -0.395 e. The molecule has 0 bridgehead atoms. The van der Waals surface area contributed by atoms with Crippen LogP contribution in [-0.2, 0) is 6.42 Å². The van der Waals surface area contributed by atoms with Gasteiger partial charge in [-0.15, -0.1) is 23.7 Å². The third-order valence-electron chi connectivity index (χ3n) is 2.29. The predicted octanol–water partition coefficient (Wildman–Crippen LogP) is 1.82. The van der Waals surface area contributed by atoms with Gasteiger partial charge in [-0.3, -0.25) is 0 Å². The lowest BCUT2D eigenvalue weighted by atomic mass is 10.2. The average molecular weight is 259 g/mol. The molecule has 2 aromatic rings. The Hall–Kier alpha value is -0.810. The summed E-state index contributed by atoms with van der Waals surface area (Å²) in [5.41, 5.74) is 6.89. The van der Waals surface area contributed by atoms with E-state index in [9.17, 15) is 0 Å². The van der Waals surface area contributed by atoms with Crippen molar-refractivity contribution in [3.63, 3.8) is 0 Å². The maximum absolute atomic E-state index is 8.93. The SMILES string of the molecule is Cl.NC(CO)Cc1sccc1-n1cccc1. The molecule has 2 aromatic heterocycles. The fraction of sp³-hybridized carbons (Fsp3) is 0.273. The number of aliphatic hydroxyl groups excluding tert-OH is 1. The summed E-state index contributed by atoms with van der Waals surface area (Å²) in [6.45, 7) is 0.0308. The quantitative estimate of drug-likeness (QED) is 0.879. The molecule has 0 amide bonds. The van der Waals surface area contributed by atoms with Gasteiger partial charge in [-0.1, -0.05) is 0 Å². The van der Waals surface area contributed by atoms with Gasteiger partial charge in [-0.2, -0.15) is 0 Å². The minimum atomic E-state index is -0.169. The number of nitrogens with zero attached hydrogens (tertiary/aromatic N) is 1. The summed E-state index contributed by atoms with van der Waals surface area (Å²) in [4.78, 5) is 1.22. The number of aliphatic hydroxyl groups is 1. The van der Waals surface area contributed by atoms with Gasteiger partial charge in [0.25, 0.3) is 0 Å². The topological polar surface area (TPSA) is 51.2 Å². The Bertz CT molecular complexity index is 413. The Kier molecular flexibility index (Phi) is 5.02. The highest BCUT2D eigenvalue weighted by Gasteiger charge is 2.09. The van der Waals surface area contributed by atoms with Gasteiger partial charge < -0.3 is 15.4 Å². The van der Waals surface area contributed by atoms with Crippen LogP contribution in [0.1, 0.15) is 4.88 Å². The molecule has 0 fully saturated rings. The Labute approximate surface area is 105 Å². The summed E-state index contributed by atoms with van der Waals surface area (Å²) in [5, 5.41) is 11.0. The second kappa shape index (κ2) is 6.06. The van der Waals surface area contributed by atoms with Crippen LogP contribution in [0.4, 0.5) is 0 Å². The number of hydrogen-bond donors (Lipinski definition) is 2. The number of thiophene rings is 1. The van der Waals surface area contributed by atoms with Crippen LogP contribution in [0.3, 0.4) is 0 Å². The van der Waals surface area contributed by atoms with Crippen molar-refractivity contribution < 1.29 is 5.11 Å². The van der Waals surface area contributed by atoms with Crippen LogP contribution in [0.25, 0.3) is 5.69 Å². The van der Waals surface area contributed by atoms with Gasteiger partial charge >= 0.3 is 0 Å². The van der Waals surface area contributed by atoms with Crippen LogP contribution in [0, 0.1) is 0 Å². The van der Waals surface area contributed by atoms with E-state index in [1.165, 1.54) is 4.88 Å². The maximum atomic E-state index is 8.93. The third-order valence-corrected chi connectivity index (χ3v) is 3.22. The molecule has 2 rings (SSSR count). The van der Waals surface area contributed by atoms with E-state index >= 15 is 0 Å². The van der Waals surface area contributed by atoms with E-state index in [2.05, 4.69) is 16.0 Å². The Balaban J connectivity index is 0.00000128. The molecule has 0 spiro atoms. The van der Waals surface area contributed by atoms with Gasteiger partial charge in [0.1, 0.15) is 0 Å². The molecule has 88 valence electrons. The predicted molar refractivity (Wildman–Crippen MR) is 69.7 cm³/mol. The van der Waals surface area contributed by atoms with E-state index in [0.29, 0.717) is 0 Å². The molecular formula is C11H15ClN2OS. The van der Waals surface area contributed by atoms with Crippen LogP contribution in [-0.4, -0.2) is 22.3 Å². The summed E-state index contributed by atoms with van der Waals surface area (Å²) in [6.07, 6.45) is 4.74. The van der Waals surface area contributed by atoms with Crippen molar-refractivity contribution >= 4 is 23.7 Å². The summed E-state index contributed by atoms with van der Waals surface area (Å²) in [5.74, 6) is 0. The fourth-order valence-corrected chi connectivity index (χ4v) is 2.48. The largest absolute Gasteiger partial charge is 0.395 e. The van der Waals surface area contributed by atoms with Crippen molar-refractivity contribution in [1.82, 2.24) is 4.57 Å². The number of aromatic nitrogens is 1. The zero-order chi connectivity index (χ0) is 10.7. The first-order chi connectivity index (χ1) is 7.31. The molecule has 0 aromatic carbocycles. The molecule has 0 radical (unpaired) electrons. The van der Waals surface area contributed by atoms with Crippen molar-refractivity contribution in [2.45, 2.75) is 12.5 Å². The van der Waals surface area contributed by atoms with Gasteiger partial charge in [-0.05, 0) is 23.6 Å². The molecule has 2 heterocycles. The van der Waals surface area contributed by atoms with E-state index in [4.69, 9.17) is 10.8 Å². The number of hydrogen-bond acceptors (Lipinski definition) is 3. The van der Waals surface area contributed by atoms with Crippen LogP contribution in [0.2, 0.25) is 0 Å². The Morgan fingerprint density at radius 1 is 1.38 bits per heavy atom. The van der Waals surface area contributed by atoms with Crippen molar-refractivity contribution in [2.24, 2.45) is 5.73 Å². The minimum absolute atomic E-state index is 0. The van der Waals surface area contributed by atoms with Gasteiger partial charge in [0.05, 0.1) is 12.3 Å². The maximum Gasteiger partial charge on any atom is 0.0589 e. The molecule has 0 saturated carbocycles. The normalized spacial score (nSPS) is 12.1. The second-order valence-electron chi connectivity index (χ2n) is 3.47. The molecule has 0 aliphatic carbocycles. The van der Waals surface area contributed by atoms with E-state index in [1.807, 2.05) is 24.5 Å². The Morgan fingerprint density at radius 3 is 2.69 bits per heavy atom. The van der Waals surface area contributed by atoms with Crippen LogP contribution < -0.4 is 5.73 Å². The molecule has 1 atom stereocenters. The molecule has 0 aliphatic rings. The number of halogens is 1. The fourth-order valence-electron chi connectivity index (χ4n) is 1.51. The van der Waals surface area contributed by atoms with Crippen molar-refractivity contribution in [3.05, 3.63) is 40.8 Å². The highest BCUT2D eigenvalue weighted by atomic mass is 35.5. The Morgan fingerprint density at radius 2 is 2.06 bits per heavy atom.